The van der Waals surface area contributed by atoms with Gasteiger partial charge in [0.25, 0.3) is 0 Å². The summed E-state index contributed by atoms with van der Waals surface area (Å²) in [5.74, 6) is -23.5. The fraction of sp³-hybridized carbons (Fsp3) is 0.543. The average Bonchev–Trinajstić information content (AvgIpc) is 1.65. The molecule has 17 amide bonds. The molecular formula is C92H125FN20O24. The molecule has 3 aromatic carbocycles. The molecule has 0 aliphatic carbocycles. The smallest absolute Gasteiger partial charge is 0.323 e. The predicted octanol–water partition coefficient (Wildman–Crippen LogP) is -2.28. The zero-order valence-electron chi connectivity index (χ0n) is 77.4. The number of aromatic amines is 1. The van der Waals surface area contributed by atoms with Gasteiger partial charge in [0.05, 0.1) is 25.5 Å². The van der Waals surface area contributed by atoms with E-state index in [2.05, 4.69) is 58.2 Å². The van der Waals surface area contributed by atoms with Crippen LogP contribution in [0.25, 0.3) is 21.8 Å². The number of primary amides is 3. The van der Waals surface area contributed by atoms with Crippen LogP contribution in [0.1, 0.15) is 166 Å². The van der Waals surface area contributed by atoms with Gasteiger partial charge in [-0.25, -0.2) is 4.39 Å². The lowest BCUT2D eigenvalue weighted by atomic mass is 9.97. The standard InChI is InChI=1S/C92H125FN20O24/c1-7-9-21-68-84(129)103-60(36-49(3)4)81(126)107-66(79(96)124)44-97-45-75(117)99-63(37-50-26-28-53(93)29-27-50)90(135)111-34-16-15-24-69(111)86(131)106-65(42-77(120)121)91(136)112-35-17-25-70(112)85(130)100-58(30-32-73(94)115)80(125)101-59(31-33-76(118)119)89(134)113-47-54(114)40-72(113)87(132)104-61(38-51-43-98-57-20-13-11-18-55(51)57)82(127)102-62(41-74(95)116)83(128)105-64(88(133)109(6)71(22-10-8-2)92(137)108(68)5)39-52-46-110(48-78(122)123)67-23-14-12-19-56(52)67/h11-14,18-20,23,26-29,43,46,49,54,58-66,68-72,97-98,114H,7-10,15-17,21-22,24-25,30-42,44-45,47-48H2,1-6H3,(H2,94,115)(H2,95,116)(H2,96,124)(H,99,117)(H,100,130)(H,101,125)(H,102,127)(H,103,129)(H,104,132)(H,105,128)(H,106,131)(H,107,126)(H,118,119)(H,120,121)(H,122,123)/t54-,58+,59+,60+,61+,62+,63+,64+,65+,66+,68+,69+,70?,71+,72+/m1/s1. The van der Waals surface area contributed by atoms with E-state index in [9.17, 15) is 82.4 Å². The third kappa shape index (κ3) is 29.5. The second kappa shape index (κ2) is 50.0. The highest BCUT2D eigenvalue weighted by atomic mass is 19.1. The minimum absolute atomic E-state index is 0.0286. The van der Waals surface area contributed by atoms with E-state index >= 15 is 38.4 Å². The Morgan fingerprint density at radius 2 is 1.01 bits per heavy atom. The van der Waals surface area contributed by atoms with Crippen LogP contribution in [0.5, 0.6) is 0 Å². The van der Waals surface area contributed by atoms with Crippen LogP contribution < -0.4 is 70.4 Å². The molecule has 0 radical (unpaired) electrons. The Balaban J connectivity index is 1.12. The molecule has 0 saturated carbocycles. The quantitative estimate of drug-likeness (QED) is 0.0263. The number of hydrogen-bond acceptors (Lipinski definition) is 22. The molecule has 44 nitrogen and oxygen atoms in total. The molecule has 21 N–H and O–H groups in total. The van der Waals surface area contributed by atoms with E-state index in [1.807, 2.05) is 6.92 Å². The summed E-state index contributed by atoms with van der Waals surface area (Å²) in [5.41, 5.74) is 19.2. The van der Waals surface area contributed by atoms with Crippen LogP contribution in [-0.2, 0) is 122 Å². The van der Waals surface area contributed by atoms with Crippen LogP contribution in [0, 0.1) is 11.7 Å². The van der Waals surface area contributed by atoms with Crippen molar-refractivity contribution in [2.75, 3.05) is 46.8 Å². The van der Waals surface area contributed by atoms with Gasteiger partial charge in [0, 0.05) is 113 Å². The Hall–Kier alpha value is -14.0. The number of carboxylic acid groups (broad SMARTS) is 3. The van der Waals surface area contributed by atoms with Gasteiger partial charge in [-0.1, -0.05) is 102 Å². The number of aliphatic hydroxyl groups is 1. The number of aromatic nitrogens is 2. The maximum Gasteiger partial charge on any atom is 0.323 e. The van der Waals surface area contributed by atoms with Crippen molar-refractivity contribution in [2.45, 2.75) is 266 Å². The van der Waals surface area contributed by atoms with Crippen molar-refractivity contribution in [1.82, 2.24) is 87.2 Å². The number of benzene rings is 3. The number of carboxylic acids is 3. The third-order valence-corrected chi connectivity index (χ3v) is 24.8. The molecule has 15 atom stereocenters. The number of nitrogens with zero attached hydrogens (tertiary/aromatic N) is 6. The highest BCUT2D eigenvalue weighted by Gasteiger charge is 2.48. The number of fused-ring (bicyclic) bond motifs is 5. The Morgan fingerprint density at radius 1 is 0.482 bits per heavy atom. The van der Waals surface area contributed by atoms with Gasteiger partial charge in [-0.2, -0.15) is 0 Å². The summed E-state index contributed by atoms with van der Waals surface area (Å²) in [4.78, 5) is 296. The molecule has 1 unspecified atom stereocenters. The number of amides is 17. The first kappa shape index (κ1) is 107. The topological polar surface area (TPSA) is 658 Å². The Morgan fingerprint density at radius 3 is 1.65 bits per heavy atom. The predicted molar refractivity (Wildman–Crippen MR) is 488 cm³/mol. The van der Waals surface area contributed by atoms with Crippen LogP contribution in [0.2, 0.25) is 0 Å². The number of carbonyl (C=O) groups excluding carboxylic acids is 17. The van der Waals surface area contributed by atoms with Gasteiger partial charge in [-0.05, 0) is 111 Å². The number of piperidine rings is 1. The van der Waals surface area contributed by atoms with Crippen molar-refractivity contribution < 1.29 is 121 Å². The summed E-state index contributed by atoms with van der Waals surface area (Å²) < 4.78 is 15.8. The van der Waals surface area contributed by atoms with Gasteiger partial charge in [-0.15, -0.1) is 0 Å². The minimum atomic E-state index is -2.05. The lowest BCUT2D eigenvalue weighted by molar-refractivity contribution is -0.149. The highest BCUT2D eigenvalue weighted by Crippen LogP contribution is 2.30. The highest BCUT2D eigenvalue weighted by molar-refractivity contribution is 6.03. The normalized spacial score (nSPS) is 25.1. The largest absolute Gasteiger partial charge is 0.481 e. The van der Waals surface area contributed by atoms with Crippen LogP contribution in [0.3, 0.4) is 0 Å². The van der Waals surface area contributed by atoms with Gasteiger partial charge >= 0.3 is 17.9 Å². The molecule has 4 aliphatic heterocycles. The van der Waals surface area contributed by atoms with Crippen molar-refractivity contribution in [1.29, 1.82) is 0 Å². The zero-order valence-corrected chi connectivity index (χ0v) is 77.4. The van der Waals surface area contributed by atoms with E-state index in [4.69, 9.17) is 17.2 Å². The second-order valence-electron chi connectivity index (χ2n) is 35.6. The molecule has 6 heterocycles. The third-order valence-electron chi connectivity index (χ3n) is 24.8. The number of aliphatic hydroxyl groups excluding tert-OH is 1. The van der Waals surface area contributed by atoms with Gasteiger partial charge in [0.2, 0.25) is 100 Å². The lowest BCUT2D eigenvalue weighted by Gasteiger charge is -2.38. The molecule has 0 bridgehead atoms. The number of rotatable bonds is 27. The summed E-state index contributed by atoms with van der Waals surface area (Å²) in [7, 11) is 2.58. The number of unbranched alkanes of at least 4 members (excludes halogenated alkanes) is 2. The number of aliphatic carboxylic acids is 3. The summed E-state index contributed by atoms with van der Waals surface area (Å²) in [6.07, 6.45) is -3.76. The molecule has 137 heavy (non-hydrogen) atoms. The molecule has 744 valence electrons. The van der Waals surface area contributed by atoms with E-state index in [0.29, 0.717) is 58.6 Å². The molecule has 4 fully saturated rings. The fourth-order valence-electron chi connectivity index (χ4n) is 17.7. The number of likely N-dealkylation sites (N-methyl/N-ethyl adjacent to an activating group) is 2. The Bertz CT molecular complexity index is 5280. The monoisotopic (exact) mass is 1910 g/mol. The van der Waals surface area contributed by atoms with Crippen molar-refractivity contribution in [3.05, 3.63) is 108 Å². The van der Waals surface area contributed by atoms with Crippen LogP contribution in [0.4, 0.5) is 4.39 Å². The van der Waals surface area contributed by atoms with Gasteiger partial charge in [-0.3, -0.25) is 95.9 Å². The lowest BCUT2D eigenvalue weighted by Crippen LogP contribution is -2.61. The molecule has 45 heteroatoms. The number of nitrogens with one attached hydrogen (secondary N) is 11. The van der Waals surface area contributed by atoms with Crippen molar-refractivity contribution >= 4 is 140 Å². The first-order chi connectivity index (χ1) is 65.1. The van der Waals surface area contributed by atoms with Gasteiger partial charge in [0.1, 0.15) is 96.9 Å². The maximum absolute atomic E-state index is 15.9. The molecule has 4 aliphatic rings. The number of carbonyl (C=O) groups is 20. The molecule has 2 aromatic heterocycles. The first-order valence-electron chi connectivity index (χ1n) is 46.0. The van der Waals surface area contributed by atoms with E-state index in [-0.39, 0.29) is 82.4 Å². The molecule has 4 saturated heterocycles. The SMILES string of the molecule is CCCC[C@H]1C(=O)N(C)[C@@H](CCCC)C(=O)N[C@@H](CC(C)C)C(=O)N[C@H](C(N)=O)CNCC(=O)N[C@@H](Cc2ccc(F)cc2)C(=O)N2CCCC[C@H]2C(=O)N[C@@H](CC(=O)O)C(=O)N2CCCC2C(=O)N[C@@H](CCC(N)=O)C(=O)N[C@@H](CCC(=O)O)C(=O)N2C[C@H](O)C[C@H]2C(=O)N[C@@H](Cc2c[nH]c3ccccc23)C(=O)N[C@@H](CC(N)=O)C(=O)N[C@@H](Cc2cn(CC(=O)O)c3ccccc23)C(=O)N1C. The summed E-state index contributed by atoms with van der Waals surface area (Å²) in [6, 6.07) is -5.74. The second-order valence-corrected chi connectivity index (χ2v) is 35.6. The van der Waals surface area contributed by atoms with E-state index < -0.39 is 299 Å². The fourth-order valence-corrected chi connectivity index (χ4v) is 17.7. The van der Waals surface area contributed by atoms with Gasteiger partial charge in [0.15, 0.2) is 0 Å². The van der Waals surface area contributed by atoms with E-state index in [1.165, 1.54) is 43.2 Å². The van der Waals surface area contributed by atoms with Crippen molar-refractivity contribution in [3.63, 3.8) is 0 Å². The van der Waals surface area contributed by atoms with Crippen LogP contribution in [-0.4, -0.2) is 310 Å². The van der Waals surface area contributed by atoms with Crippen molar-refractivity contribution in [3.8, 4) is 0 Å². The summed E-state index contributed by atoms with van der Waals surface area (Å²) in [6.45, 7) is 4.17. The molecule has 0 spiro atoms. The zero-order chi connectivity index (χ0) is 100. The van der Waals surface area contributed by atoms with Crippen LogP contribution >= 0.6 is 0 Å². The summed E-state index contributed by atoms with van der Waals surface area (Å²) >= 11 is 0. The summed E-state index contributed by atoms with van der Waals surface area (Å²) in [5, 5.41) is 68.6. The van der Waals surface area contributed by atoms with Gasteiger partial charge < -0.3 is 125 Å². The Kier molecular flexibility index (Phi) is 38.9. The van der Waals surface area contributed by atoms with E-state index in [0.717, 1.165) is 36.6 Å². The minimum Gasteiger partial charge on any atom is -0.481 e. The van der Waals surface area contributed by atoms with E-state index in [1.54, 1.807) is 69.3 Å². The molecule has 9 rings (SSSR count). The number of para-hydroxylation sites is 2. The Labute approximate surface area is 788 Å². The number of hydrogen-bond donors (Lipinski definition) is 18. The number of nitrogens with two attached hydrogens (primary N) is 3. The first-order valence-corrected chi connectivity index (χ1v) is 46.0. The molecule has 5 aromatic rings. The number of H-pyrrole nitrogens is 1. The maximum atomic E-state index is 15.9. The molecular weight excluding hydrogens is 1790 g/mol. The average molecular weight is 1910 g/mol. The van der Waals surface area contributed by atoms with Crippen LogP contribution in [0.15, 0.2) is 85.2 Å². The number of halogens is 1. The van der Waals surface area contributed by atoms with Crippen molar-refractivity contribution in [2.24, 2.45) is 23.1 Å².